The van der Waals surface area contributed by atoms with E-state index in [1.54, 1.807) is 0 Å². The molecule has 3 nitrogen and oxygen atoms in total. The second-order valence-corrected chi connectivity index (χ2v) is 3.13. The minimum Gasteiger partial charge on any atom is -1.00 e. The molecular formula is C8H20IN3. The number of halogens is 1. The smallest absolute Gasteiger partial charge is 0.345 e. The van der Waals surface area contributed by atoms with Crippen molar-refractivity contribution in [3.8, 4) is 0 Å². The van der Waals surface area contributed by atoms with Gasteiger partial charge in [-0.25, -0.2) is 0 Å². The first kappa shape index (κ1) is 14.5. The van der Waals surface area contributed by atoms with Crippen molar-refractivity contribution in [1.29, 1.82) is 0 Å². The summed E-state index contributed by atoms with van der Waals surface area (Å²) in [6.07, 6.45) is 0. The van der Waals surface area contributed by atoms with Gasteiger partial charge in [-0.2, -0.15) is 0 Å². The summed E-state index contributed by atoms with van der Waals surface area (Å²) in [6.45, 7) is 7.34. The highest BCUT2D eigenvalue weighted by Crippen LogP contribution is 1.95. The number of hydrogen-bond donors (Lipinski definition) is 1. The highest BCUT2D eigenvalue weighted by Gasteiger charge is 2.16. The molecule has 4 heteroatoms. The fourth-order valence-electron chi connectivity index (χ4n) is 1.05. The molecule has 0 heterocycles. The van der Waals surface area contributed by atoms with E-state index in [0.29, 0.717) is 6.04 Å². The lowest BCUT2D eigenvalue weighted by molar-refractivity contribution is -0.471. The molecule has 2 N–H and O–H groups in total. The number of rotatable bonds is 2. The molecule has 12 heavy (non-hydrogen) atoms. The maximum absolute atomic E-state index is 5.84. The van der Waals surface area contributed by atoms with Crippen molar-refractivity contribution in [3.05, 3.63) is 0 Å². The fraction of sp³-hybridized carbons (Fsp3) is 0.875. The van der Waals surface area contributed by atoms with Crippen molar-refractivity contribution < 1.29 is 28.6 Å². The lowest BCUT2D eigenvalue weighted by Gasteiger charge is -2.20. The molecule has 0 aliphatic heterocycles. The van der Waals surface area contributed by atoms with E-state index in [1.807, 2.05) is 18.7 Å². The summed E-state index contributed by atoms with van der Waals surface area (Å²) < 4.78 is 1.93. The summed E-state index contributed by atoms with van der Waals surface area (Å²) in [5, 5.41) is 0. The Bertz CT molecular complexity index is 150. The van der Waals surface area contributed by atoms with Crippen LogP contribution in [0.25, 0.3) is 0 Å². The monoisotopic (exact) mass is 285 g/mol. The summed E-state index contributed by atoms with van der Waals surface area (Å²) in [4.78, 5) is 2.15. The van der Waals surface area contributed by atoms with Crippen molar-refractivity contribution in [3.63, 3.8) is 0 Å². The summed E-state index contributed by atoms with van der Waals surface area (Å²) in [7, 11) is 3.92. The zero-order chi connectivity index (χ0) is 9.02. The van der Waals surface area contributed by atoms with Crippen molar-refractivity contribution in [2.45, 2.75) is 26.8 Å². The van der Waals surface area contributed by atoms with Crippen molar-refractivity contribution in [2.75, 3.05) is 20.6 Å². The number of hydrogen-bond acceptors (Lipinski definition) is 0. The Morgan fingerprint density at radius 2 is 1.83 bits per heavy atom. The van der Waals surface area contributed by atoms with E-state index in [4.69, 9.17) is 5.73 Å². The van der Waals surface area contributed by atoms with Crippen LogP contribution in [-0.4, -0.2) is 42.1 Å². The predicted molar refractivity (Wildman–Crippen MR) is 48.8 cm³/mol. The van der Waals surface area contributed by atoms with E-state index >= 15 is 0 Å². The van der Waals surface area contributed by atoms with Crippen LogP contribution in [0.4, 0.5) is 0 Å². The topological polar surface area (TPSA) is 32.3 Å². The Balaban J connectivity index is 0. The van der Waals surface area contributed by atoms with Crippen molar-refractivity contribution >= 4 is 5.96 Å². The second kappa shape index (κ2) is 6.51. The third-order valence-corrected chi connectivity index (χ3v) is 1.72. The predicted octanol–water partition coefficient (Wildman–Crippen LogP) is -2.69. The van der Waals surface area contributed by atoms with Gasteiger partial charge in [0.25, 0.3) is 0 Å². The zero-order valence-corrected chi connectivity index (χ0v) is 10.8. The van der Waals surface area contributed by atoms with E-state index in [1.165, 1.54) is 0 Å². The fourth-order valence-corrected chi connectivity index (χ4v) is 1.05. The van der Waals surface area contributed by atoms with Crippen LogP contribution >= 0.6 is 0 Å². The molecular weight excluding hydrogens is 265 g/mol. The van der Waals surface area contributed by atoms with Gasteiger partial charge in [-0.3, -0.25) is 15.2 Å². The zero-order valence-electron chi connectivity index (χ0n) is 8.63. The molecule has 0 aliphatic rings. The lowest BCUT2D eigenvalue weighted by atomic mass is 10.3. The molecule has 0 saturated heterocycles. The molecule has 0 unspecified atom stereocenters. The number of guanidine groups is 1. The largest absolute Gasteiger partial charge is 1.00 e. The average molecular weight is 285 g/mol. The highest BCUT2D eigenvalue weighted by molar-refractivity contribution is 5.73. The van der Waals surface area contributed by atoms with Crippen LogP contribution in [0.5, 0.6) is 0 Å². The standard InChI is InChI=1S/C8H19N3.HI/c1-6-11(7(2)3)8(9)10(4)5;/h7,9H,6H2,1-5H3;1H. The van der Waals surface area contributed by atoms with Gasteiger partial charge in [-0.1, -0.05) is 0 Å². The second-order valence-electron chi connectivity index (χ2n) is 3.13. The Kier molecular flexibility index (Phi) is 7.88. The number of nitrogens with two attached hydrogens (primary N) is 1. The molecule has 0 aromatic rings. The van der Waals surface area contributed by atoms with Crippen LogP contribution in [-0.2, 0) is 0 Å². The van der Waals surface area contributed by atoms with E-state index in [9.17, 15) is 0 Å². The molecule has 0 radical (unpaired) electrons. The highest BCUT2D eigenvalue weighted by atomic mass is 127. The van der Waals surface area contributed by atoms with Crippen molar-refractivity contribution in [2.24, 2.45) is 5.73 Å². The Morgan fingerprint density at radius 3 is 1.92 bits per heavy atom. The minimum absolute atomic E-state index is 0. The van der Waals surface area contributed by atoms with Crippen LogP contribution in [0.3, 0.4) is 0 Å². The van der Waals surface area contributed by atoms with Gasteiger partial charge in [0.05, 0.1) is 26.7 Å². The summed E-state index contributed by atoms with van der Waals surface area (Å²) in [5.74, 6) is 0.836. The molecule has 0 aromatic carbocycles. The van der Waals surface area contributed by atoms with Gasteiger partial charge in [-0.05, 0) is 20.8 Å². The SMILES string of the molecule is CCN(C(N)=[N+](C)C)C(C)C.[I-]. The van der Waals surface area contributed by atoms with Gasteiger partial charge in [0, 0.05) is 0 Å². The quantitative estimate of drug-likeness (QED) is 0.259. The molecule has 0 bridgehead atoms. The summed E-state index contributed by atoms with van der Waals surface area (Å²) in [6, 6.07) is 0.474. The molecule has 0 saturated carbocycles. The van der Waals surface area contributed by atoms with E-state index in [-0.39, 0.29) is 24.0 Å². The van der Waals surface area contributed by atoms with E-state index < -0.39 is 0 Å². The summed E-state index contributed by atoms with van der Waals surface area (Å²) >= 11 is 0. The number of nitrogens with zero attached hydrogens (tertiary/aromatic N) is 2. The molecule has 0 aliphatic carbocycles. The van der Waals surface area contributed by atoms with Gasteiger partial charge >= 0.3 is 5.96 Å². The van der Waals surface area contributed by atoms with E-state index in [2.05, 4.69) is 25.7 Å². The molecule has 0 rings (SSSR count). The Hall–Kier alpha value is 0. The molecule has 0 spiro atoms. The molecule has 0 amide bonds. The van der Waals surface area contributed by atoms with Crippen molar-refractivity contribution in [1.82, 2.24) is 4.90 Å². The minimum atomic E-state index is 0. The average Bonchev–Trinajstić information content (AvgIpc) is 1.88. The Morgan fingerprint density at radius 1 is 1.42 bits per heavy atom. The van der Waals surface area contributed by atoms with Gasteiger partial charge < -0.3 is 24.0 Å². The van der Waals surface area contributed by atoms with Crippen LogP contribution in [0, 0.1) is 0 Å². The van der Waals surface area contributed by atoms with Gasteiger partial charge in [0.1, 0.15) is 0 Å². The molecule has 0 fully saturated rings. The van der Waals surface area contributed by atoms with Gasteiger partial charge in [0.15, 0.2) is 0 Å². The maximum Gasteiger partial charge on any atom is 0.345 e. The molecule has 74 valence electrons. The van der Waals surface area contributed by atoms with Crippen LogP contribution in [0.15, 0.2) is 0 Å². The van der Waals surface area contributed by atoms with Gasteiger partial charge in [0.2, 0.25) is 0 Å². The first-order valence-corrected chi connectivity index (χ1v) is 4.07. The van der Waals surface area contributed by atoms with E-state index in [0.717, 1.165) is 12.5 Å². The lowest BCUT2D eigenvalue weighted by Crippen LogP contribution is -3.00. The molecule has 0 aromatic heterocycles. The third-order valence-electron chi connectivity index (χ3n) is 1.72. The normalized spacial score (nSPS) is 9.17. The van der Waals surface area contributed by atoms with Crippen LogP contribution < -0.4 is 29.7 Å². The van der Waals surface area contributed by atoms with Crippen LogP contribution in [0.2, 0.25) is 0 Å². The molecule has 0 atom stereocenters. The Labute approximate surface area is 92.6 Å². The first-order valence-electron chi connectivity index (χ1n) is 4.07. The first-order chi connectivity index (χ1) is 5.00. The third kappa shape index (κ3) is 4.13. The summed E-state index contributed by atoms with van der Waals surface area (Å²) in [5.41, 5.74) is 5.84. The van der Waals surface area contributed by atoms with Crippen LogP contribution in [0.1, 0.15) is 20.8 Å². The maximum atomic E-state index is 5.84. The van der Waals surface area contributed by atoms with Gasteiger partial charge in [-0.15, -0.1) is 0 Å².